The highest BCUT2D eigenvalue weighted by Crippen LogP contribution is 2.32. The molecule has 3 aromatic carbocycles. The number of rotatable bonds is 8. The molecule has 0 radical (unpaired) electrons. The summed E-state index contributed by atoms with van der Waals surface area (Å²) in [7, 11) is 1.51. The van der Waals surface area contributed by atoms with Gasteiger partial charge in [-0.15, -0.1) is 0 Å². The lowest BCUT2D eigenvalue weighted by molar-refractivity contribution is -0.384. The van der Waals surface area contributed by atoms with E-state index in [1.54, 1.807) is 48.5 Å². The van der Waals surface area contributed by atoms with Gasteiger partial charge < -0.3 is 18.9 Å². The fraction of sp³-hybridized carbons (Fsp3) is 0.130. The second-order valence-electron chi connectivity index (χ2n) is 6.89. The molecule has 1 aliphatic heterocycles. The van der Waals surface area contributed by atoms with Crippen molar-refractivity contribution in [1.82, 2.24) is 5.43 Å². The van der Waals surface area contributed by atoms with E-state index in [0.717, 1.165) is 5.56 Å². The van der Waals surface area contributed by atoms with Crippen LogP contribution in [-0.2, 0) is 6.61 Å². The van der Waals surface area contributed by atoms with Gasteiger partial charge in [0.15, 0.2) is 23.0 Å². The zero-order chi connectivity index (χ0) is 23.2. The topological polar surface area (TPSA) is 122 Å². The summed E-state index contributed by atoms with van der Waals surface area (Å²) in [5.74, 6) is 1.69. The summed E-state index contributed by atoms with van der Waals surface area (Å²) in [6, 6.07) is 16.2. The number of nitro benzene ring substituents is 1. The number of hydrogen-bond acceptors (Lipinski definition) is 8. The quantitative estimate of drug-likeness (QED) is 0.316. The van der Waals surface area contributed by atoms with E-state index in [2.05, 4.69) is 10.5 Å². The first-order valence-electron chi connectivity index (χ1n) is 9.81. The molecule has 0 spiro atoms. The molecule has 10 nitrogen and oxygen atoms in total. The second kappa shape index (κ2) is 9.69. The highest BCUT2D eigenvalue weighted by Gasteiger charge is 2.16. The van der Waals surface area contributed by atoms with E-state index in [9.17, 15) is 14.9 Å². The lowest BCUT2D eigenvalue weighted by Crippen LogP contribution is -2.17. The molecule has 0 aliphatic carbocycles. The van der Waals surface area contributed by atoms with Crippen LogP contribution < -0.4 is 24.4 Å². The first-order valence-corrected chi connectivity index (χ1v) is 9.81. The maximum absolute atomic E-state index is 12.3. The zero-order valence-corrected chi connectivity index (χ0v) is 17.5. The molecule has 33 heavy (non-hydrogen) atoms. The molecule has 0 aromatic heterocycles. The number of methoxy groups -OCH3 is 1. The first-order chi connectivity index (χ1) is 16.0. The van der Waals surface area contributed by atoms with Gasteiger partial charge in [-0.1, -0.05) is 0 Å². The van der Waals surface area contributed by atoms with Crippen molar-refractivity contribution in [1.29, 1.82) is 0 Å². The molecular weight excluding hydrogens is 430 g/mol. The van der Waals surface area contributed by atoms with Crippen molar-refractivity contribution < 1.29 is 28.7 Å². The van der Waals surface area contributed by atoms with Gasteiger partial charge in [0.25, 0.3) is 11.6 Å². The van der Waals surface area contributed by atoms with E-state index in [0.29, 0.717) is 34.1 Å². The maximum Gasteiger partial charge on any atom is 0.271 e. The number of nitrogens with one attached hydrogen (secondary N) is 1. The van der Waals surface area contributed by atoms with Crippen LogP contribution in [0.1, 0.15) is 21.5 Å². The van der Waals surface area contributed by atoms with Crippen molar-refractivity contribution in [2.24, 2.45) is 5.10 Å². The highest BCUT2D eigenvalue weighted by molar-refractivity contribution is 5.95. The van der Waals surface area contributed by atoms with Crippen LogP contribution in [0.4, 0.5) is 5.69 Å². The lowest BCUT2D eigenvalue weighted by Gasteiger charge is -2.11. The van der Waals surface area contributed by atoms with Gasteiger partial charge in [-0.05, 0) is 59.7 Å². The number of fused-ring (bicyclic) bond motifs is 1. The smallest absolute Gasteiger partial charge is 0.271 e. The molecule has 1 N–H and O–H groups in total. The van der Waals surface area contributed by atoms with Gasteiger partial charge >= 0.3 is 0 Å². The number of ether oxygens (including phenoxy) is 4. The molecule has 0 atom stereocenters. The highest BCUT2D eigenvalue weighted by atomic mass is 16.7. The number of hydrogen-bond donors (Lipinski definition) is 1. The Hall–Kier alpha value is -4.60. The molecule has 1 aliphatic rings. The number of non-ortho nitro benzene ring substituents is 1. The molecule has 0 fully saturated rings. The van der Waals surface area contributed by atoms with Crippen molar-refractivity contribution in [3.8, 4) is 23.0 Å². The van der Waals surface area contributed by atoms with Crippen LogP contribution in [0.2, 0.25) is 0 Å². The predicted molar refractivity (Wildman–Crippen MR) is 118 cm³/mol. The summed E-state index contributed by atoms with van der Waals surface area (Å²) < 4.78 is 21.6. The normalized spacial score (nSPS) is 11.9. The lowest BCUT2D eigenvalue weighted by atomic mass is 10.2. The van der Waals surface area contributed by atoms with Crippen LogP contribution in [0, 0.1) is 10.1 Å². The number of hydrazone groups is 1. The largest absolute Gasteiger partial charge is 0.493 e. The zero-order valence-electron chi connectivity index (χ0n) is 17.5. The molecule has 168 valence electrons. The fourth-order valence-corrected chi connectivity index (χ4v) is 3.03. The number of benzene rings is 3. The number of amides is 1. The minimum absolute atomic E-state index is 0.0191. The van der Waals surface area contributed by atoms with Gasteiger partial charge in [-0.25, -0.2) is 5.43 Å². The maximum atomic E-state index is 12.3. The summed E-state index contributed by atoms with van der Waals surface area (Å²) in [6.07, 6.45) is 1.48. The van der Waals surface area contributed by atoms with Gasteiger partial charge in [0.1, 0.15) is 6.61 Å². The first kappa shape index (κ1) is 21.6. The molecule has 1 heterocycles. The summed E-state index contributed by atoms with van der Waals surface area (Å²) in [5.41, 5.74) is 4.33. The molecule has 1 amide bonds. The Bertz CT molecular complexity index is 1210. The average Bonchev–Trinajstić information content (AvgIpc) is 3.31. The molecule has 3 aromatic rings. The van der Waals surface area contributed by atoms with E-state index in [-0.39, 0.29) is 25.0 Å². The van der Waals surface area contributed by atoms with Crippen molar-refractivity contribution >= 4 is 17.8 Å². The molecule has 10 heteroatoms. The number of carbonyl (C=O) groups is 1. The molecule has 4 rings (SSSR count). The van der Waals surface area contributed by atoms with Crippen LogP contribution in [0.3, 0.4) is 0 Å². The molecule has 0 saturated heterocycles. The van der Waals surface area contributed by atoms with Gasteiger partial charge in [0.2, 0.25) is 6.79 Å². The van der Waals surface area contributed by atoms with Gasteiger partial charge in [0, 0.05) is 17.7 Å². The SMILES string of the molecule is COc1cc(/C=N\NC(=O)c2ccc3c(c2)OCO3)ccc1OCc1ccc([N+](=O)[O-])cc1. The molecule has 0 unspecified atom stereocenters. The van der Waals surface area contributed by atoms with Crippen LogP contribution in [-0.4, -0.2) is 30.9 Å². The van der Waals surface area contributed by atoms with Gasteiger partial charge in [-0.3, -0.25) is 14.9 Å². The van der Waals surface area contributed by atoms with Gasteiger partial charge in [0.05, 0.1) is 18.2 Å². The number of nitro groups is 1. The summed E-state index contributed by atoms with van der Waals surface area (Å²) in [6.45, 7) is 0.349. The Morgan fingerprint density at radius 2 is 1.88 bits per heavy atom. The Morgan fingerprint density at radius 1 is 1.09 bits per heavy atom. The van der Waals surface area contributed by atoms with Crippen LogP contribution in [0.5, 0.6) is 23.0 Å². The number of carbonyl (C=O) groups excluding carboxylic acids is 1. The van der Waals surface area contributed by atoms with E-state index in [1.807, 2.05) is 0 Å². The summed E-state index contributed by atoms with van der Waals surface area (Å²) >= 11 is 0. The Morgan fingerprint density at radius 3 is 2.64 bits per heavy atom. The Balaban J connectivity index is 1.36. The third-order valence-electron chi connectivity index (χ3n) is 4.74. The van der Waals surface area contributed by atoms with E-state index >= 15 is 0 Å². The summed E-state index contributed by atoms with van der Waals surface area (Å²) in [4.78, 5) is 22.6. The van der Waals surface area contributed by atoms with Crippen LogP contribution in [0.15, 0.2) is 65.8 Å². The monoisotopic (exact) mass is 449 g/mol. The molecule has 0 bridgehead atoms. The fourth-order valence-electron chi connectivity index (χ4n) is 3.03. The second-order valence-corrected chi connectivity index (χ2v) is 6.89. The summed E-state index contributed by atoms with van der Waals surface area (Å²) in [5, 5.41) is 14.7. The van der Waals surface area contributed by atoms with Crippen LogP contribution in [0.25, 0.3) is 0 Å². The minimum atomic E-state index is -0.453. The average molecular weight is 449 g/mol. The third kappa shape index (κ3) is 5.18. The van der Waals surface area contributed by atoms with Crippen molar-refractivity contribution in [2.75, 3.05) is 13.9 Å². The van der Waals surface area contributed by atoms with E-state index in [1.165, 1.54) is 25.5 Å². The Labute approximate surface area is 188 Å². The third-order valence-corrected chi connectivity index (χ3v) is 4.74. The van der Waals surface area contributed by atoms with Gasteiger partial charge in [-0.2, -0.15) is 5.10 Å². The van der Waals surface area contributed by atoms with Crippen molar-refractivity contribution in [3.05, 3.63) is 87.5 Å². The Kier molecular flexibility index (Phi) is 6.35. The standard InChI is InChI=1S/C23H19N3O7/c1-30-21-10-16(4-8-19(21)31-13-15-2-6-18(7-3-15)26(28)29)12-24-25-23(27)17-5-9-20-22(11-17)33-14-32-20/h2-12H,13-14H2,1H3,(H,25,27)/b24-12-. The molecule has 0 saturated carbocycles. The number of nitrogens with zero attached hydrogens (tertiary/aromatic N) is 2. The van der Waals surface area contributed by atoms with E-state index < -0.39 is 4.92 Å². The van der Waals surface area contributed by atoms with Crippen LogP contribution >= 0.6 is 0 Å². The predicted octanol–water partition coefficient (Wildman–Crippen LogP) is 3.68. The van der Waals surface area contributed by atoms with Crippen molar-refractivity contribution in [2.45, 2.75) is 6.61 Å². The van der Waals surface area contributed by atoms with Crippen molar-refractivity contribution in [3.63, 3.8) is 0 Å². The minimum Gasteiger partial charge on any atom is -0.493 e. The molecular formula is C23H19N3O7. The van der Waals surface area contributed by atoms with E-state index in [4.69, 9.17) is 18.9 Å².